The highest BCUT2D eigenvalue weighted by Crippen LogP contribution is 2.19. The van der Waals surface area contributed by atoms with Gasteiger partial charge in [0, 0.05) is 44.8 Å². The Kier molecular flexibility index (Phi) is 8.88. The Balaban J connectivity index is 0.00000256. The zero-order chi connectivity index (χ0) is 19.9. The molecule has 30 heavy (non-hydrogen) atoms. The molecule has 2 aliphatic rings. The highest BCUT2D eigenvalue weighted by Gasteiger charge is 2.27. The van der Waals surface area contributed by atoms with Gasteiger partial charge in [0.1, 0.15) is 6.33 Å². The van der Waals surface area contributed by atoms with Crippen LogP contribution in [0.5, 0.6) is 0 Å². The van der Waals surface area contributed by atoms with E-state index >= 15 is 0 Å². The van der Waals surface area contributed by atoms with Crippen molar-refractivity contribution in [3.8, 4) is 11.4 Å². The molecule has 0 amide bonds. The molecule has 2 saturated heterocycles. The van der Waals surface area contributed by atoms with Crippen molar-refractivity contribution in [2.75, 3.05) is 52.5 Å². The summed E-state index contributed by atoms with van der Waals surface area (Å²) in [6.07, 6.45) is 2.76. The maximum atomic E-state index is 5.47. The fourth-order valence-corrected chi connectivity index (χ4v) is 4.08. The first-order chi connectivity index (χ1) is 14.3. The van der Waals surface area contributed by atoms with Gasteiger partial charge in [-0.1, -0.05) is 18.2 Å². The predicted molar refractivity (Wildman–Crippen MR) is 129 cm³/mol. The normalized spacial score (nSPS) is 20.2. The van der Waals surface area contributed by atoms with Crippen molar-refractivity contribution in [1.82, 2.24) is 30.3 Å². The van der Waals surface area contributed by atoms with Crippen LogP contribution < -0.4 is 5.32 Å². The van der Waals surface area contributed by atoms with Crippen LogP contribution in [0.25, 0.3) is 11.4 Å². The van der Waals surface area contributed by atoms with Crippen molar-refractivity contribution >= 4 is 29.9 Å². The van der Waals surface area contributed by atoms with E-state index in [-0.39, 0.29) is 24.0 Å². The van der Waals surface area contributed by atoms with Gasteiger partial charge in [-0.3, -0.25) is 10.00 Å². The number of benzene rings is 1. The number of aromatic amines is 1. The fourth-order valence-electron chi connectivity index (χ4n) is 4.08. The van der Waals surface area contributed by atoms with E-state index in [1.54, 1.807) is 0 Å². The van der Waals surface area contributed by atoms with Crippen molar-refractivity contribution in [2.24, 2.45) is 10.9 Å². The highest BCUT2D eigenvalue weighted by molar-refractivity contribution is 14.0. The summed E-state index contributed by atoms with van der Waals surface area (Å²) in [5.74, 6) is 2.50. The number of aliphatic imine (C=N–C) groups is 1. The average Bonchev–Trinajstić information content (AvgIpc) is 3.45. The van der Waals surface area contributed by atoms with Crippen LogP contribution in [0.2, 0.25) is 0 Å². The number of nitrogens with zero attached hydrogens (tertiary/aromatic N) is 5. The third-order valence-corrected chi connectivity index (χ3v) is 5.57. The molecule has 0 saturated carbocycles. The summed E-state index contributed by atoms with van der Waals surface area (Å²) in [7, 11) is 0. The number of hydrogen-bond acceptors (Lipinski definition) is 5. The first-order valence-electron chi connectivity index (χ1n) is 10.6. The molecule has 2 fully saturated rings. The number of aromatic nitrogens is 3. The Bertz CT molecular complexity index is 792. The summed E-state index contributed by atoms with van der Waals surface area (Å²) in [5.41, 5.74) is 2.20. The molecule has 0 aliphatic carbocycles. The number of H-pyrrole nitrogens is 1. The molecule has 8 nitrogen and oxygen atoms in total. The van der Waals surface area contributed by atoms with Gasteiger partial charge in [-0.15, -0.1) is 24.0 Å². The topological polar surface area (TPSA) is 81.7 Å². The number of likely N-dealkylation sites (tertiary alicyclic amines) is 1. The van der Waals surface area contributed by atoms with E-state index in [1.807, 2.05) is 12.1 Å². The summed E-state index contributed by atoms with van der Waals surface area (Å²) >= 11 is 0. The lowest BCUT2D eigenvalue weighted by Gasteiger charge is -2.29. The molecule has 1 aromatic carbocycles. The molecule has 2 aliphatic heterocycles. The summed E-state index contributed by atoms with van der Waals surface area (Å²) in [6, 6.07) is 8.32. The van der Waals surface area contributed by atoms with Gasteiger partial charge < -0.3 is 15.0 Å². The second kappa shape index (κ2) is 11.6. The van der Waals surface area contributed by atoms with Crippen molar-refractivity contribution in [2.45, 2.75) is 19.9 Å². The van der Waals surface area contributed by atoms with Crippen LogP contribution in [0.1, 0.15) is 18.9 Å². The smallest absolute Gasteiger partial charge is 0.194 e. The van der Waals surface area contributed by atoms with Crippen LogP contribution in [0.3, 0.4) is 0 Å². The van der Waals surface area contributed by atoms with Gasteiger partial charge in [-0.05, 0) is 30.9 Å². The Morgan fingerprint density at radius 2 is 2.17 bits per heavy atom. The van der Waals surface area contributed by atoms with E-state index in [0.717, 1.165) is 63.3 Å². The number of guanidine groups is 1. The second-order valence-electron chi connectivity index (χ2n) is 7.72. The lowest BCUT2D eigenvalue weighted by Crippen LogP contribution is -2.42. The van der Waals surface area contributed by atoms with Crippen molar-refractivity contribution < 1.29 is 4.74 Å². The Morgan fingerprint density at radius 3 is 2.93 bits per heavy atom. The van der Waals surface area contributed by atoms with E-state index in [1.165, 1.54) is 24.9 Å². The molecule has 164 valence electrons. The molecule has 3 heterocycles. The zero-order valence-electron chi connectivity index (χ0n) is 17.6. The number of hydrogen-bond donors (Lipinski definition) is 2. The predicted octanol–water partition coefficient (Wildman–Crippen LogP) is 2.21. The molecule has 0 spiro atoms. The molecule has 1 unspecified atom stereocenters. The number of nitrogens with one attached hydrogen (secondary N) is 2. The van der Waals surface area contributed by atoms with Gasteiger partial charge in [0.15, 0.2) is 11.8 Å². The summed E-state index contributed by atoms with van der Waals surface area (Å²) < 4.78 is 5.47. The second-order valence-corrected chi connectivity index (χ2v) is 7.72. The van der Waals surface area contributed by atoms with Crippen molar-refractivity contribution in [3.05, 3.63) is 36.2 Å². The Morgan fingerprint density at radius 1 is 1.30 bits per heavy atom. The molecular weight excluding hydrogens is 493 g/mol. The lowest BCUT2D eigenvalue weighted by molar-refractivity contribution is 0.0315. The van der Waals surface area contributed by atoms with Crippen LogP contribution >= 0.6 is 24.0 Å². The maximum absolute atomic E-state index is 5.47. The molecule has 1 aromatic heterocycles. The van der Waals surface area contributed by atoms with Gasteiger partial charge in [-0.2, -0.15) is 5.10 Å². The van der Waals surface area contributed by atoms with Gasteiger partial charge >= 0.3 is 0 Å². The highest BCUT2D eigenvalue weighted by atomic mass is 127. The van der Waals surface area contributed by atoms with E-state index < -0.39 is 0 Å². The SMILES string of the molecule is CCNC(=NCc1cccc(-c2ncn[nH]2)c1)N1CCC(CN2CCOCC2)C1.I. The standard InChI is InChI=1S/C21H31N7O.HI/c1-2-22-21(28-7-6-18(15-28)14-27-8-10-29-11-9-27)23-13-17-4-3-5-19(12-17)20-24-16-25-26-20;/h3-5,12,16,18H,2,6-11,13-15H2,1H3,(H,22,23)(H,24,25,26);1H. The quantitative estimate of drug-likeness (QED) is 0.342. The summed E-state index contributed by atoms with van der Waals surface area (Å²) in [6.45, 7) is 10.8. The van der Waals surface area contributed by atoms with Gasteiger partial charge in [0.25, 0.3) is 0 Å². The Labute approximate surface area is 195 Å². The molecule has 2 aromatic rings. The molecule has 4 rings (SSSR count). The number of rotatable bonds is 6. The lowest BCUT2D eigenvalue weighted by atomic mass is 10.1. The average molecular weight is 525 g/mol. The van der Waals surface area contributed by atoms with E-state index in [2.05, 4.69) is 49.4 Å². The third kappa shape index (κ3) is 6.14. The number of morpholine rings is 1. The minimum atomic E-state index is 0. The molecule has 2 N–H and O–H groups in total. The van der Waals surface area contributed by atoms with Gasteiger partial charge in [0.05, 0.1) is 19.8 Å². The minimum Gasteiger partial charge on any atom is -0.379 e. The van der Waals surface area contributed by atoms with E-state index in [4.69, 9.17) is 9.73 Å². The summed E-state index contributed by atoms with van der Waals surface area (Å²) in [4.78, 5) is 14.1. The molecule has 0 radical (unpaired) electrons. The number of ether oxygens (including phenoxy) is 1. The van der Waals surface area contributed by atoms with E-state index in [9.17, 15) is 0 Å². The monoisotopic (exact) mass is 525 g/mol. The molecule has 0 bridgehead atoms. The van der Waals surface area contributed by atoms with Crippen LogP contribution in [0.15, 0.2) is 35.6 Å². The number of halogens is 1. The van der Waals surface area contributed by atoms with Crippen molar-refractivity contribution in [3.63, 3.8) is 0 Å². The Hall–Kier alpha value is -1.72. The first-order valence-corrected chi connectivity index (χ1v) is 10.6. The molecular formula is C21H32IN7O. The van der Waals surface area contributed by atoms with E-state index in [0.29, 0.717) is 12.5 Å². The molecule has 9 heteroatoms. The van der Waals surface area contributed by atoms with Gasteiger partial charge in [0.2, 0.25) is 0 Å². The fraction of sp³-hybridized carbons (Fsp3) is 0.571. The van der Waals surface area contributed by atoms with Crippen LogP contribution in [0, 0.1) is 5.92 Å². The molecule has 1 atom stereocenters. The minimum absolute atomic E-state index is 0. The maximum Gasteiger partial charge on any atom is 0.194 e. The third-order valence-electron chi connectivity index (χ3n) is 5.57. The van der Waals surface area contributed by atoms with Crippen LogP contribution in [-0.4, -0.2) is 83.4 Å². The first kappa shape index (κ1) is 23.0. The van der Waals surface area contributed by atoms with Crippen molar-refractivity contribution in [1.29, 1.82) is 0 Å². The zero-order valence-corrected chi connectivity index (χ0v) is 19.9. The van der Waals surface area contributed by atoms with Gasteiger partial charge in [-0.25, -0.2) is 9.98 Å². The summed E-state index contributed by atoms with van der Waals surface area (Å²) in [5, 5.41) is 10.3. The van der Waals surface area contributed by atoms with Crippen LogP contribution in [0.4, 0.5) is 0 Å². The van der Waals surface area contributed by atoms with Crippen LogP contribution in [-0.2, 0) is 11.3 Å². The largest absolute Gasteiger partial charge is 0.379 e.